The van der Waals surface area contributed by atoms with E-state index in [1.807, 2.05) is 0 Å². The summed E-state index contributed by atoms with van der Waals surface area (Å²) in [6.07, 6.45) is 2.39. The Morgan fingerprint density at radius 2 is 1.94 bits per heavy atom. The number of rotatable bonds is 6. The van der Waals surface area contributed by atoms with Gasteiger partial charge in [-0.2, -0.15) is 5.10 Å². The van der Waals surface area contributed by atoms with Gasteiger partial charge in [0.05, 0.1) is 33.6 Å². The van der Waals surface area contributed by atoms with Crippen molar-refractivity contribution in [3.63, 3.8) is 0 Å². The molecule has 2 aromatic heterocycles. The molecule has 172 valence electrons. The molecule has 4 aromatic rings. The van der Waals surface area contributed by atoms with Crippen LogP contribution < -0.4 is 20.7 Å². The van der Waals surface area contributed by atoms with Gasteiger partial charge in [-0.25, -0.2) is 9.78 Å². The molecule has 0 atom stereocenters. The second-order valence-electron chi connectivity index (χ2n) is 6.68. The highest BCUT2D eigenvalue weighted by Crippen LogP contribution is 2.44. The number of nitro groups is 1. The van der Waals surface area contributed by atoms with Crippen molar-refractivity contribution in [3.05, 3.63) is 94.1 Å². The average Bonchev–Trinajstić information content (AvgIpc) is 2.83. The number of aromatic amines is 1. The summed E-state index contributed by atoms with van der Waals surface area (Å²) in [6, 6.07) is 10.8. The third-order valence-electron chi connectivity index (χ3n) is 4.61. The molecular weight excluding hydrogens is 578 g/mol. The van der Waals surface area contributed by atoms with Gasteiger partial charge >= 0.3 is 5.69 Å². The van der Waals surface area contributed by atoms with Gasteiger partial charge in [-0.05, 0) is 50.1 Å². The lowest BCUT2D eigenvalue weighted by Gasteiger charge is -2.14. The number of aromatic nitrogens is 3. The Morgan fingerprint density at radius 1 is 1.18 bits per heavy atom. The van der Waals surface area contributed by atoms with Crippen LogP contribution in [-0.4, -0.2) is 32.9 Å². The van der Waals surface area contributed by atoms with Crippen LogP contribution in [0.5, 0.6) is 17.4 Å². The fraction of sp³-hybridized carbons (Fsp3) is 0.0476. The molecule has 1 N–H and O–H groups in total. The number of pyridine rings is 1. The van der Waals surface area contributed by atoms with Gasteiger partial charge in [-0.1, -0.05) is 12.1 Å². The molecule has 0 bridgehead atoms. The smallest absolute Gasteiger partial charge is 0.349 e. The number of benzene rings is 2. The number of nitrogens with zero attached hydrogens (tertiary/aromatic N) is 4. The van der Waals surface area contributed by atoms with Crippen LogP contribution in [0.25, 0.3) is 10.9 Å². The number of nitrogens with one attached hydrogen (secondary N) is 1. The first kappa shape index (κ1) is 23.3. The molecule has 0 aliphatic carbocycles. The van der Waals surface area contributed by atoms with Gasteiger partial charge in [0.1, 0.15) is 6.20 Å². The molecule has 0 unspecified atom stereocenters. The van der Waals surface area contributed by atoms with E-state index in [9.17, 15) is 19.7 Å². The summed E-state index contributed by atoms with van der Waals surface area (Å²) in [7, 11) is 1.42. The standard InChI is InChI=1S/C21H13Br2N5O6/c1-33-15-8-11(9-25-27-20(29)13-4-2-3-5-14(13)26-21(27)30)17(22)18(23)19(15)34-16-7-6-12(10-24-16)28(31)32/h2-10H,1H3,(H,26,30). The van der Waals surface area contributed by atoms with Crippen LogP contribution in [0, 0.1) is 10.1 Å². The molecule has 34 heavy (non-hydrogen) atoms. The number of H-pyrrole nitrogens is 1. The maximum atomic E-state index is 12.7. The van der Waals surface area contributed by atoms with Crippen LogP contribution in [0.1, 0.15) is 5.56 Å². The molecular formula is C21H13Br2N5O6. The lowest BCUT2D eigenvalue weighted by Crippen LogP contribution is -2.32. The number of halogens is 2. The number of hydrogen-bond donors (Lipinski definition) is 1. The van der Waals surface area contributed by atoms with Crippen LogP contribution in [0.4, 0.5) is 5.69 Å². The summed E-state index contributed by atoms with van der Waals surface area (Å²) < 4.78 is 12.8. The topological polar surface area (TPSA) is 142 Å². The Kier molecular flexibility index (Phi) is 6.56. The van der Waals surface area contributed by atoms with Crippen LogP contribution in [0.15, 0.2) is 72.3 Å². The molecule has 0 saturated carbocycles. The lowest BCUT2D eigenvalue weighted by atomic mass is 10.2. The molecule has 0 spiro atoms. The molecule has 0 radical (unpaired) electrons. The Labute approximate surface area is 207 Å². The zero-order valence-electron chi connectivity index (χ0n) is 17.2. The minimum absolute atomic E-state index is 0.104. The molecule has 2 heterocycles. The third kappa shape index (κ3) is 4.47. The van der Waals surface area contributed by atoms with Crippen molar-refractivity contribution in [2.75, 3.05) is 7.11 Å². The highest BCUT2D eigenvalue weighted by Gasteiger charge is 2.18. The third-order valence-corrected chi connectivity index (χ3v) is 6.75. The predicted octanol–water partition coefficient (Wildman–Crippen LogP) is 4.20. The molecule has 0 aliphatic heterocycles. The zero-order chi connectivity index (χ0) is 24.4. The van der Waals surface area contributed by atoms with Gasteiger partial charge in [-0.3, -0.25) is 14.9 Å². The SMILES string of the molecule is COc1cc(C=Nn2c(=O)[nH]c3ccccc3c2=O)c(Br)c(Br)c1Oc1ccc([N+](=O)[O-])cn1. The zero-order valence-corrected chi connectivity index (χ0v) is 20.4. The number of hydrogen-bond acceptors (Lipinski definition) is 8. The van der Waals surface area contributed by atoms with Gasteiger partial charge in [0.25, 0.3) is 11.2 Å². The molecule has 0 amide bonds. The summed E-state index contributed by atoms with van der Waals surface area (Å²) in [5.41, 5.74) is -0.554. The average molecular weight is 591 g/mol. The Morgan fingerprint density at radius 3 is 2.62 bits per heavy atom. The largest absolute Gasteiger partial charge is 0.493 e. The van der Waals surface area contributed by atoms with Crippen molar-refractivity contribution in [1.29, 1.82) is 0 Å². The minimum Gasteiger partial charge on any atom is -0.493 e. The second kappa shape index (κ2) is 9.57. The van der Waals surface area contributed by atoms with Crippen LogP contribution >= 0.6 is 31.9 Å². The van der Waals surface area contributed by atoms with E-state index in [0.717, 1.165) is 10.9 Å². The van der Waals surface area contributed by atoms with Crippen molar-refractivity contribution in [2.24, 2.45) is 5.10 Å². The first-order valence-electron chi connectivity index (χ1n) is 9.43. The molecule has 11 nitrogen and oxygen atoms in total. The number of fused-ring (bicyclic) bond motifs is 1. The summed E-state index contributed by atoms with van der Waals surface area (Å²) in [5, 5.41) is 15.2. The molecule has 0 aliphatic rings. The van der Waals surface area contributed by atoms with Crippen LogP contribution in [0.2, 0.25) is 0 Å². The predicted molar refractivity (Wildman–Crippen MR) is 131 cm³/mol. The number of ether oxygens (including phenoxy) is 2. The molecule has 4 rings (SSSR count). The van der Waals surface area contributed by atoms with Gasteiger partial charge < -0.3 is 14.5 Å². The fourth-order valence-electron chi connectivity index (χ4n) is 2.97. The Balaban J connectivity index is 1.72. The molecule has 0 fully saturated rings. The van der Waals surface area contributed by atoms with E-state index in [-0.39, 0.29) is 23.1 Å². The van der Waals surface area contributed by atoms with Crippen molar-refractivity contribution in [1.82, 2.24) is 14.6 Å². The number of para-hydroxylation sites is 1. The molecule has 13 heteroatoms. The summed E-state index contributed by atoms with van der Waals surface area (Å²) in [6.45, 7) is 0. The van der Waals surface area contributed by atoms with E-state index in [4.69, 9.17) is 9.47 Å². The van der Waals surface area contributed by atoms with Gasteiger partial charge in [0.2, 0.25) is 5.88 Å². The number of methoxy groups -OCH3 is 1. The summed E-state index contributed by atoms with van der Waals surface area (Å²) in [5.74, 6) is 0.622. The van der Waals surface area contributed by atoms with Gasteiger partial charge in [0, 0.05) is 22.2 Å². The van der Waals surface area contributed by atoms with E-state index < -0.39 is 16.2 Å². The maximum Gasteiger partial charge on any atom is 0.349 e. The van der Waals surface area contributed by atoms with Crippen molar-refractivity contribution >= 4 is 54.7 Å². The first-order valence-corrected chi connectivity index (χ1v) is 11.0. The lowest BCUT2D eigenvalue weighted by molar-refractivity contribution is -0.385. The monoisotopic (exact) mass is 589 g/mol. The first-order chi connectivity index (χ1) is 16.3. The normalized spacial score (nSPS) is 11.1. The second-order valence-corrected chi connectivity index (χ2v) is 8.26. The maximum absolute atomic E-state index is 12.7. The van der Waals surface area contributed by atoms with Crippen LogP contribution in [0.3, 0.4) is 0 Å². The van der Waals surface area contributed by atoms with E-state index in [1.165, 1.54) is 25.5 Å². The van der Waals surface area contributed by atoms with Crippen LogP contribution in [-0.2, 0) is 0 Å². The summed E-state index contributed by atoms with van der Waals surface area (Å²) >= 11 is 6.85. The van der Waals surface area contributed by atoms with Gasteiger partial charge in [-0.15, -0.1) is 4.68 Å². The highest BCUT2D eigenvalue weighted by molar-refractivity contribution is 9.13. The minimum atomic E-state index is -0.689. The quantitative estimate of drug-likeness (QED) is 0.201. The highest BCUT2D eigenvalue weighted by atomic mass is 79.9. The molecule has 2 aromatic carbocycles. The van der Waals surface area contributed by atoms with Crippen molar-refractivity contribution in [2.45, 2.75) is 0 Å². The van der Waals surface area contributed by atoms with Gasteiger partial charge in [0.15, 0.2) is 11.5 Å². The van der Waals surface area contributed by atoms with Crippen molar-refractivity contribution < 1.29 is 14.4 Å². The summed E-state index contributed by atoms with van der Waals surface area (Å²) in [4.78, 5) is 41.8. The van der Waals surface area contributed by atoms with E-state index >= 15 is 0 Å². The Hall–Kier alpha value is -3.84. The molecule has 0 saturated heterocycles. The van der Waals surface area contributed by atoms with E-state index in [0.29, 0.717) is 25.4 Å². The fourth-order valence-corrected chi connectivity index (χ4v) is 3.87. The van der Waals surface area contributed by atoms with E-state index in [1.54, 1.807) is 30.3 Å². The van der Waals surface area contributed by atoms with Crippen molar-refractivity contribution in [3.8, 4) is 17.4 Å². The Bertz CT molecular complexity index is 1560. The van der Waals surface area contributed by atoms with E-state index in [2.05, 4.69) is 46.9 Å².